The highest BCUT2D eigenvalue weighted by atomic mass is 35.5. The number of hydrogen-bond donors (Lipinski definition) is 1. The zero-order valence-corrected chi connectivity index (χ0v) is 25.0. The first kappa shape index (κ1) is 31.0. The van der Waals surface area contributed by atoms with Crippen molar-refractivity contribution in [1.29, 1.82) is 0 Å². The minimum Gasteiger partial charge on any atom is -0.355 e. The summed E-state index contributed by atoms with van der Waals surface area (Å²) in [5.74, 6) is -1.00. The van der Waals surface area contributed by atoms with Crippen molar-refractivity contribution in [3.05, 3.63) is 92.4 Å². The fourth-order valence-electron chi connectivity index (χ4n) is 3.98. The van der Waals surface area contributed by atoms with Gasteiger partial charge < -0.3 is 10.2 Å². The molecule has 0 saturated carbocycles. The third-order valence-electron chi connectivity index (χ3n) is 5.84. The van der Waals surface area contributed by atoms with E-state index in [-0.39, 0.29) is 39.5 Å². The average Bonchev–Trinajstić information content (AvgIpc) is 2.88. The van der Waals surface area contributed by atoms with Gasteiger partial charge in [0.1, 0.15) is 12.6 Å². The SMILES string of the molecule is CCNC(=O)C(CC)N(Cc1ccc(Cl)cc1Cl)C(=O)CN(c1cc(Cl)cc(Cl)c1)S(=O)(=O)c1ccccc1. The van der Waals surface area contributed by atoms with Crippen molar-refractivity contribution >= 4 is 73.9 Å². The lowest BCUT2D eigenvalue weighted by Gasteiger charge is -2.33. The van der Waals surface area contributed by atoms with Crippen LogP contribution < -0.4 is 9.62 Å². The van der Waals surface area contributed by atoms with Crippen LogP contribution in [0.5, 0.6) is 0 Å². The van der Waals surface area contributed by atoms with Crippen LogP contribution >= 0.6 is 46.4 Å². The highest BCUT2D eigenvalue weighted by Gasteiger charge is 2.34. The predicted molar refractivity (Wildman–Crippen MR) is 157 cm³/mol. The summed E-state index contributed by atoms with van der Waals surface area (Å²) in [7, 11) is -4.24. The number of hydrogen-bond acceptors (Lipinski definition) is 4. The van der Waals surface area contributed by atoms with Gasteiger partial charge in [-0.3, -0.25) is 13.9 Å². The van der Waals surface area contributed by atoms with Crippen molar-refractivity contribution in [1.82, 2.24) is 10.2 Å². The van der Waals surface area contributed by atoms with E-state index < -0.39 is 28.5 Å². The monoisotopic (exact) mass is 629 g/mol. The number of rotatable bonds is 11. The average molecular weight is 631 g/mol. The van der Waals surface area contributed by atoms with Crippen LogP contribution in [-0.4, -0.2) is 44.3 Å². The van der Waals surface area contributed by atoms with Crippen molar-refractivity contribution in [3.63, 3.8) is 0 Å². The second kappa shape index (κ2) is 13.7. The first-order valence-electron chi connectivity index (χ1n) is 12.0. The van der Waals surface area contributed by atoms with Crippen LogP contribution in [0.1, 0.15) is 25.8 Å². The van der Waals surface area contributed by atoms with Crippen molar-refractivity contribution in [2.24, 2.45) is 0 Å². The fraction of sp³-hybridized carbons (Fsp3) is 0.259. The molecule has 0 heterocycles. The Morgan fingerprint density at radius 3 is 2.08 bits per heavy atom. The Labute approximate surface area is 248 Å². The van der Waals surface area contributed by atoms with Gasteiger partial charge >= 0.3 is 0 Å². The van der Waals surface area contributed by atoms with E-state index in [9.17, 15) is 18.0 Å². The maximum Gasteiger partial charge on any atom is 0.264 e. The molecule has 3 aromatic carbocycles. The fourth-order valence-corrected chi connectivity index (χ4v) is 6.38. The molecule has 0 fully saturated rings. The number of benzene rings is 3. The van der Waals surface area contributed by atoms with Gasteiger partial charge in [-0.05, 0) is 61.4 Å². The van der Waals surface area contributed by atoms with Gasteiger partial charge in [-0.1, -0.05) is 77.6 Å². The second-order valence-corrected chi connectivity index (χ2v) is 12.1. The van der Waals surface area contributed by atoms with Crippen LogP contribution in [0, 0.1) is 0 Å². The molecular formula is C27H27Cl4N3O4S. The van der Waals surface area contributed by atoms with Crippen LogP contribution in [0.3, 0.4) is 0 Å². The molecule has 39 heavy (non-hydrogen) atoms. The molecule has 1 unspecified atom stereocenters. The van der Waals surface area contributed by atoms with E-state index in [0.29, 0.717) is 22.2 Å². The summed E-state index contributed by atoms with van der Waals surface area (Å²) < 4.78 is 28.5. The number of halogens is 4. The lowest BCUT2D eigenvalue weighted by Crippen LogP contribution is -2.52. The number of nitrogens with one attached hydrogen (secondary N) is 1. The highest BCUT2D eigenvalue weighted by molar-refractivity contribution is 7.92. The number of sulfonamides is 1. The van der Waals surface area contributed by atoms with Gasteiger partial charge in [-0.2, -0.15) is 0 Å². The van der Waals surface area contributed by atoms with Gasteiger partial charge in [0.05, 0.1) is 10.6 Å². The molecule has 0 bridgehead atoms. The normalized spacial score (nSPS) is 12.1. The number of anilines is 1. The lowest BCUT2D eigenvalue weighted by molar-refractivity contribution is -0.140. The van der Waals surface area contributed by atoms with E-state index in [1.165, 1.54) is 41.3 Å². The number of amides is 2. The van der Waals surface area contributed by atoms with Gasteiger partial charge in [0.2, 0.25) is 11.8 Å². The third-order valence-corrected chi connectivity index (χ3v) is 8.65. The quantitative estimate of drug-likeness (QED) is 0.264. The molecule has 0 spiro atoms. The Bertz CT molecular complexity index is 1420. The molecule has 0 aliphatic heterocycles. The molecule has 12 heteroatoms. The Morgan fingerprint density at radius 1 is 0.872 bits per heavy atom. The van der Waals surface area contributed by atoms with Crippen LogP contribution in [-0.2, 0) is 26.2 Å². The van der Waals surface area contributed by atoms with Crippen molar-refractivity contribution < 1.29 is 18.0 Å². The number of carbonyl (C=O) groups is 2. The van der Waals surface area contributed by atoms with Crippen LogP contribution in [0.4, 0.5) is 5.69 Å². The highest BCUT2D eigenvalue weighted by Crippen LogP contribution is 2.30. The van der Waals surface area contributed by atoms with E-state index in [2.05, 4.69) is 5.32 Å². The van der Waals surface area contributed by atoms with E-state index in [4.69, 9.17) is 46.4 Å². The van der Waals surface area contributed by atoms with Crippen molar-refractivity contribution in [2.75, 3.05) is 17.4 Å². The van der Waals surface area contributed by atoms with Gasteiger partial charge in [-0.15, -0.1) is 0 Å². The first-order chi connectivity index (χ1) is 18.5. The third kappa shape index (κ3) is 7.80. The molecule has 0 saturated heterocycles. The van der Waals surface area contributed by atoms with E-state index >= 15 is 0 Å². The molecule has 1 atom stereocenters. The number of carbonyl (C=O) groups excluding carboxylic acids is 2. The van der Waals surface area contributed by atoms with E-state index in [1.807, 2.05) is 0 Å². The molecule has 208 valence electrons. The molecule has 0 aromatic heterocycles. The molecule has 0 radical (unpaired) electrons. The zero-order chi connectivity index (χ0) is 28.7. The maximum absolute atomic E-state index is 14.0. The zero-order valence-electron chi connectivity index (χ0n) is 21.2. The van der Waals surface area contributed by atoms with Crippen LogP contribution in [0.15, 0.2) is 71.6 Å². The second-order valence-electron chi connectivity index (χ2n) is 8.53. The molecule has 0 aliphatic carbocycles. The summed E-state index contributed by atoms with van der Waals surface area (Å²) in [6, 6.07) is 15.9. The van der Waals surface area contributed by atoms with Crippen molar-refractivity contribution in [2.45, 2.75) is 37.8 Å². The van der Waals surface area contributed by atoms with E-state index in [0.717, 1.165) is 4.31 Å². The summed E-state index contributed by atoms with van der Waals surface area (Å²) in [4.78, 5) is 28.2. The molecule has 7 nitrogen and oxygen atoms in total. The summed E-state index contributed by atoms with van der Waals surface area (Å²) >= 11 is 24.8. The largest absolute Gasteiger partial charge is 0.355 e. The molecule has 2 amide bonds. The van der Waals surface area contributed by atoms with Crippen molar-refractivity contribution in [3.8, 4) is 0 Å². The Hall–Kier alpha value is -2.49. The molecule has 3 rings (SSSR count). The number of nitrogens with zero attached hydrogens (tertiary/aromatic N) is 2. The maximum atomic E-state index is 14.0. The smallest absolute Gasteiger partial charge is 0.264 e. The minimum absolute atomic E-state index is 0.0306. The summed E-state index contributed by atoms with van der Waals surface area (Å²) in [5, 5.41) is 3.85. The Balaban J connectivity index is 2.10. The van der Waals surface area contributed by atoms with Crippen LogP contribution in [0.25, 0.3) is 0 Å². The van der Waals surface area contributed by atoms with Gasteiger partial charge in [-0.25, -0.2) is 8.42 Å². The lowest BCUT2D eigenvalue weighted by atomic mass is 10.1. The number of likely N-dealkylation sites (N-methyl/N-ethyl adjacent to an activating group) is 1. The predicted octanol–water partition coefficient (Wildman–Crippen LogP) is 6.44. The molecule has 1 N–H and O–H groups in total. The minimum atomic E-state index is -4.24. The van der Waals surface area contributed by atoms with Crippen LogP contribution in [0.2, 0.25) is 20.1 Å². The van der Waals surface area contributed by atoms with Gasteiger partial charge in [0.15, 0.2) is 0 Å². The van der Waals surface area contributed by atoms with Gasteiger partial charge in [0.25, 0.3) is 10.0 Å². The summed E-state index contributed by atoms with van der Waals surface area (Å²) in [5.41, 5.74) is 0.640. The standard InChI is InChI=1S/C27H27Cl4N3O4S/c1-3-25(27(36)32-4-2)33(16-18-10-11-19(28)15-24(18)31)26(35)17-34(22-13-20(29)12-21(30)14-22)39(37,38)23-8-6-5-7-9-23/h5-15,25H,3-4,16-17H2,1-2H3,(H,32,36). The topological polar surface area (TPSA) is 86.8 Å². The molecular weight excluding hydrogens is 604 g/mol. The summed E-state index contributed by atoms with van der Waals surface area (Å²) in [6.45, 7) is 3.20. The molecule has 0 aliphatic rings. The van der Waals surface area contributed by atoms with E-state index in [1.54, 1.807) is 44.2 Å². The first-order valence-corrected chi connectivity index (χ1v) is 15.0. The Kier molecular flexibility index (Phi) is 10.9. The van der Waals surface area contributed by atoms with Gasteiger partial charge in [0, 0.05) is 33.2 Å². The molecule has 3 aromatic rings. The summed E-state index contributed by atoms with van der Waals surface area (Å²) in [6.07, 6.45) is 0.275. The Morgan fingerprint density at radius 2 is 1.51 bits per heavy atom.